The van der Waals surface area contributed by atoms with Crippen LogP contribution in [0.15, 0.2) is 30.6 Å². The summed E-state index contributed by atoms with van der Waals surface area (Å²) in [5.74, 6) is -5.45. The Morgan fingerprint density at radius 3 is 2.33 bits per heavy atom. The Morgan fingerprint density at radius 1 is 0.982 bits per heavy atom. The summed E-state index contributed by atoms with van der Waals surface area (Å²) in [7, 11) is 0. The molecule has 310 valence electrons. The number of hydrogen-bond donors (Lipinski definition) is 2. The van der Waals surface area contributed by atoms with E-state index in [1.54, 1.807) is 29.0 Å². The molecule has 4 aliphatic carbocycles. The highest BCUT2D eigenvalue weighted by atomic mass is 19.4. The number of nitrogens with one attached hydrogen (secondary N) is 1. The van der Waals surface area contributed by atoms with Gasteiger partial charge in [0.25, 0.3) is 5.91 Å². The molecule has 17 heteroatoms. The van der Waals surface area contributed by atoms with E-state index in [9.17, 15) is 49.8 Å². The molecule has 1 amide bonds. The molecule has 3 aromatic rings. The molecule has 4 unspecified atom stereocenters. The molecule has 2 bridgehead atoms. The maximum atomic E-state index is 14.7. The van der Waals surface area contributed by atoms with Crippen LogP contribution < -0.4 is 10.1 Å². The Kier molecular flexibility index (Phi) is 9.82. The van der Waals surface area contributed by atoms with E-state index in [2.05, 4.69) is 15.3 Å². The van der Waals surface area contributed by atoms with E-state index in [0.717, 1.165) is 12.6 Å². The molecule has 2 N–H and O–H groups in total. The Morgan fingerprint density at radius 2 is 1.68 bits per heavy atom. The molecule has 9 nitrogen and oxygen atoms in total. The van der Waals surface area contributed by atoms with E-state index < -0.39 is 65.5 Å². The van der Waals surface area contributed by atoms with Crippen LogP contribution in [0.5, 0.6) is 5.75 Å². The van der Waals surface area contributed by atoms with E-state index >= 15 is 0 Å². The van der Waals surface area contributed by atoms with Gasteiger partial charge in [0, 0.05) is 61.4 Å². The number of carboxylic acid groups (broad SMARTS) is 1. The second-order valence-electron chi connectivity index (χ2n) is 17.6. The standard InChI is InChI=1S/C40H45F8N5O4/c1-22-12-23-14-24(13-22)38(16-23,35(55)56)51-34(54)29-17-49-33(50-32(29)40(46,47)48)30-18-53(25-4-10-37(41,42)11-5-25)31-15-27(2-3-28(30)31)57-26-6-8-36(9-7-26)19-52(20-36)21-39(43,44)45/h2-3,15,17-18,22-26H,4-14,16,19-21H2,1H3,(H,51,54)(H,55,56). The topological polar surface area (TPSA) is 110 Å². The smallest absolute Gasteiger partial charge is 0.434 e. The molecule has 0 radical (unpaired) electrons. The molecule has 1 aromatic carbocycles. The third-order valence-electron chi connectivity index (χ3n) is 13.3. The maximum Gasteiger partial charge on any atom is 0.434 e. The van der Waals surface area contributed by atoms with Crippen LogP contribution in [-0.2, 0) is 11.0 Å². The number of carbonyl (C=O) groups excluding carboxylic acids is 1. The molecular formula is C40H45F8N5O4. The second-order valence-corrected chi connectivity index (χ2v) is 17.6. The molecular weight excluding hydrogens is 766 g/mol. The van der Waals surface area contributed by atoms with Gasteiger partial charge in [-0.3, -0.25) is 9.69 Å². The number of carbonyl (C=O) groups is 2. The molecule has 1 aliphatic heterocycles. The number of ether oxygens (including phenoxy) is 1. The minimum absolute atomic E-state index is 0.0256. The van der Waals surface area contributed by atoms with Crippen LogP contribution in [-0.4, -0.2) is 79.8 Å². The first-order chi connectivity index (χ1) is 26.7. The first-order valence-electron chi connectivity index (χ1n) is 19.7. The van der Waals surface area contributed by atoms with Crippen LogP contribution in [0.4, 0.5) is 35.1 Å². The van der Waals surface area contributed by atoms with Crippen LogP contribution in [0.25, 0.3) is 22.3 Å². The van der Waals surface area contributed by atoms with Gasteiger partial charge in [-0.05, 0) is 99.5 Å². The zero-order valence-corrected chi connectivity index (χ0v) is 31.4. The van der Waals surface area contributed by atoms with Gasteiger partial charge in [0.05, 0.1) is 23.7 Å². The summed E-state index contributed by atoms with van der Waals surface area (Å²) < 4.78 is 119. The largest absolute Gasteiger partial charge is 0.490 e. The molecule has 2 aromatic heterocycles. The van der Waals surface area contributed by atoms with E-state index in [-0.39, 0.29) is 66.8 Å². The quantitative estimate of drug-likeness (QED) is 0.219. The Labute approximate surface area is 323 Å². The monoisotopic (exact) mass is 811 g/mol. The summed E-state index contributed by atoms with van der Waals surface area (Å²) in [6, 6.07) is 4.59. The average molecular weight is 812 g/mol. The summed E-state index contributed by atoms with van der Waals surface area (Å²) in [6.07, 6.45) is -3.16. The number of benzene rings is 1. The van der Waals surface area contributed by atoms with Crippen LogP contribution >= 0.6 is 0 Å². The fourth-order valence-corrected chi connectivity index (χ4v) is 10.8. The SMILES string of the molecule is CC1CC2CC(C1)C(NC(=O)c1cnc(-c3cn(C4CCC(F)(F)CC4)c4cc(OC5CCC6(CC5)CN(CC(F)(F)F)C6)ccc34)nc1C(F)(F)F)(C(=O)O)C2. The van der Waals surface area contributed by atoms with Crippen molar-refractivity contribution in [3.8, 4) is 17.1 Å². The van der Waals surface area contributed by atoms with Crippen molar-refractivity contribution in [3.63, 3.8) is 0 Å². The first-order valence-corrected chi connectivity index (χ1v) is 19.7. The Bertz CT molecular complexity index is 2030. The van der Waals surface area contributed by atoms with E-state index in [0.29, 0.717) is 68.3 Å². The van der Waals surface area contributed by atoms with Gasteiger partial charge in [-0.2, -0.15) is 26.3 Å². The number of fused-ring (bicyclic) bond motifs is 3. The highest BCUT2D eigenvalue weighted by Gasteiger charge is 2.57. The van der Waals surface area contributed by atoms with Crippen LogP contribution in [0.1, 0.15) is 106 Å². The van der Waals surface area contributed by atoms with Crippen molar-refractivity contribution in [2.24, 2.45) is 23.2 Å². The molecule has 4 atom stereocenters. The second kappa shape index (κ2) is 14.1. The highest BCUT2D eigenvalue weighted by Crippen LogP contribution is 2.51. The number of alkyl halides is 8. The Balaban J connectivity index is 1.07. The van der Waals surface area contributed by atoms with Gasteiger partial charge in [-0.15, -0.1) is 0 Å². The fraction of sp³-hybridized carbons (Fsp3) is 0.650. The highest BCUT2D eigenvalue weighted by molar-refractivity contribution is 6.00. The summed E-state index contributed by atoms with van der Waals surface area (Å²) in [5, 5.41) is 13.2. The van der Waals surface area contributed by atoms with Crippen molar-refractivity contribution in [1.82, 2.24) is 24.8 Å². The first kappa shape index (κ1) is 39.8. The zero-order chi connectivity index (χ0) is 40.7. The van der Waals surface area contributed by atoms with Crippen molar-refractivity contribution in [2.45, 2.75) is 120 Å². The molecule has 1 saturated heterocycles. The van der Waals surface area contributed by atoms with Crippen LogP contribution in [0.3, 0.4) is 0 Å². The van der Waals surface area contributed by atoms with Crippen LogP contribution in [0.2, 0.25) is 0 Å². The third-order valence-corrected chi connectivity index (χ3v) is 13.3. The third kappa shape index (κ3) is 7.81. The van der Waals surface area contributed by atoms with Crippen molar-refractivity contribution in [2.75, 3.05) is 19.6 Å². The summed E-state index contributed by atoms with van der Waals surface area (Å²) >= 11 is 0. The molecule has 3 heterocycles. The number of nitrogens with zero attached hydrogens (tertiary/aromatic N) is 4. The number of aliphatic carboxylic acids is 1. The van der Waals surface area contributed by atoms with Crippen molar-refractivity contribution in [1.29, 1.82) is 0 Å². The number of amides is 1. The fourth-order valence-electron chi connectivity index (χ4n) is 10.8. The normalized spacial score (nSPS) is 29.0. The van der Waals surface area contributed by atoms with Crippen LogP contribution in [0, 0.1) is 23.2 Å². The van der Waals surface area contributed by atoms with Gasteiger partial charge in [0.2, 0.25) is 5.92 Å². The zero-order valence-electron chi connectivity index (χ0n) is 31.4. The predicted molar refractivity (Wildman–Crippen MR) is 191 cm³/mol. The number of halogens is 8. The lowest BCUT2D eigenvalue weighted by molar-refractivity contribution is -0.174. The lowest BCUT2D eigenvalue weighted by atomic mass is 9.68. The molecule has 8 rings (SSSR count). The van der Waals surface area contributed by atoms with E-state index in [1.807, 2.05) is 6.92 Å². The van der Waals surface area contributed by atoms with Gasteiger partial charge in [-0.25, -0.2) is 23.5 Å². The maximum absolute atomic E-state index is 14.7. The number of rotatable bonds is 8. The molecule has 5 fully saturated rings. The summed E-state index contributed by atoms with van der Waals surface area (Å²) in [5.41, 5.74) is -3.62. The lowest BCUT2D eigenvalue weighted by Gasteiger charge is -2.53. The van der Waals surface area contributed by atoms with Crippen molar-refractivity contribution < 1.29 is 54.6 Å². The molecule has 4 saturated carbocycles. The minimum atomic E-state index is -5.12. The van der Waals surface area contributed by atoms with Crippen molar-refractivity contribution >= 4 is 22.8 Å². The Hall–Kier alpha value is -4.02. The number of likely N-dealkylation sites (tertiary alicyclic amines) is 1. The average Bonchev–Trinajstić information content (AvgIpc) is 3.61. The summed E-state index contributed by atoms with van der Waals surface area (Å²) in [6.45, 7) is 1.83. The molecule has 5 aliphatic rings. The molecule has 57 heavy (non-hydrogen) atoms. The minimum Gasteiger partial charge on any atom is -0.490 e. The van der Waals surface area contributed by atoms with Gasteiger partial charge >= 0.3 is 18.3 Å². The van der Waals surface area contributed by atoms with Gasteiger partial charge in [0.15, 0.2) is 11.5 Å². The van der Waals surface area contributed by atoms with E-state index in [4.69, 9.17) is 4.74 Å². The lowest BCUT2D eigenvalue weighted by Crippen LogP contribution is -2.60. The summed E-state index contributed by atoms with van der Waals surface area (Å²) in [4.78, 5) is 35.7. The molecule has 1 spiro atoms. The number of carboxylic acids is 1. The van der Waals surface area contributed by atoms with E-state index in [1.165, 1.54) is 4.90 Å². The van der Waals surface area contributed by atoms with Gasteiger partial charge in [0.1, 0.15) is 11.3 Å². The van der Waals surface area contributed by atoms with Gasteiger partial charge in [-0.1, -0.05) is 6.92 Å². The predicted octanol–water partition coefficient (Wildman–Crippen LogP) is 9.06. The van der Waals surface area contributed by atoms with Crippen molar-refractivity contribution in [3.05, 3.63) is 41.9 Å². The van der Waals surface area contributed by atoms with Gasteiger partial charge < -0.3 is 19.7 Å². The number of hydrogen-bond acceptors (Lipinski definition) is 6. The number of aromatic nitrogens is 3.